The summed E-state index contributed by atoms with van der Waals surface area (Å²) >= 11 is 0. The molecule has 0 amide bonds. The molecule has 25 heavy (non-hydrogen) atoms. The first kappa shape index (κ1) is 25.6. The Kier molecular flexibility index (Phi) is 14.0. The Morgan fingerprint density at radius 1 is 1.00 bits per heavy atom. The second-order valence-electron chi connectivity index (χ2n) is 5.89. The van der Waals surface area contributed by atoms with Gasteiger partial charge in [0.05, 0.1) is 6.20 Å². The van der Waals surface area contributed by atoms with E-state index in [1.54, 1.807) is 0 Å². The molecular formula is C20H40N4O. The highest BCUT2D eigenvalue weighted by atomic mass is 16.0. The Bertz CT molecular complexity index is 570. The van der Waals surface area contributed by atoms with E-state index in [2.05, 4.69) is 42.3 Å². The van der Waals surface area contributed by atoms with Crippen molar-refractivity contribution >= 4 is 0 Å². The molecule has 2 N–H and O–H groups in total. The lowest BCUT2D eigenvalue weighted by Crippen LogP contribution is -2.11. The van der Waals surface area contributed by atoms with Crippen LogP contribution in [0, 0.1) is 13.8 Å². The minimum absolute atomic E-state index is 0. The highest BCUT2D eigenvalue weighted by Crippen LogP contribution is 2.16. The van der Waals surface area contributed by atoms with Crippen LogP contribution in [0.15, 0.2) is 12.4 Å². The van der Waals surface area contributed by atoms with Crippen molar-refractivity contribution in [2.75, 3.05) is 0 Å². The predicted molar refractivity (Wildman–Crippen MR) is 108 cm³/mol. The van der Waals surface area contributed by atoms with E-state index >= 15 is 0 Å². The minimum atomic E-state index is 0. The molecule has 1 aliphatic rings. The van der Waals surface area contributed by atoms with Crippen molar-refractivity contribution < 1.29 is 5.48 Å². The summed E-state index contributed by atoms with van der Waals surface area (Å²) in [6.45, 7) is 17.8. The van der Waals surface area contributed by atoms with E-state index in [0.29, 0.717) is 5.92 Å². The van der Waals surface area contributed by atoms with E-state index in [1.807, 2.05) is 51.8 Å². The van der Waals surface area contributed by atoms with E-state index in [9.17, 15) is 0 Å². The number of rotatable bonds is 1. The van der Waals surface area contributed by atoms with Crippen LogP contribution in [0.4, 0.5) is 0 Å². The highest BCUT2D eigenvalue weighted by Gasteiger charge is 2.10. The van der Waals surface area contributed by atoms with Crippen molar-refractivity contribution in [1.29, 1.82) is 0 Å². The van der Waals surface area contributed by atoms with Gasteiger partial charge in [-0.3, -0.25) is 4.68 Å². The van der Waals surface area contributed by atoms with Crippen molar-refractivity contribution in [1.82, 2.24) is 19.3 Å². The summed E-state index contributed by atoms with van der Waals surface area (Å²) in [5.41, 5.74) is 3.94. The van der Waals surface area contributed by atoms with Gasteiger partial charge in [-0.05, 0) is 38.2 Å². The van der Waals surface area contributed by atoms with E-state index < -0.39 is 0 Å². The predicted octanol–water partition coefficient (Wildman–Crippen LogP) is 4.61. The molecule has 5 nitrogen and oxygen atoms in total. The molecule has 0 bridgehead atoms. The van der Waals surface area contributed by atoms with Crippen molar-refractivity contribution in [2.45, 2.75) is 87.1 Å². The fourth-order valence-corrected chi connectivity index (χ4v) is 2.65. The van der Waals surface area contributed by atoms with Crippen molar-refractivity contribution in [3.63, 3.8) is 0 Å². The molecule has 0 fully saturated rings. The molecule has 0 spiro atoms. The van der Waals surface area contributed by atoms with Crippen LogP contribution in [0.1, 0.15) is 83.1 Å². The monoisotopic (exact) mass is 352 g/mol. The van der Waals surface area contributed by atoms with Gasteiger partial charge in [-0.2, -0.15) is 5.10 Å². The van der Waals surface area contributed by atoms with Gasteiger partial charge in [0.2, 0.25) is 0 Å². The largest absolute Gasteiger partial charge is 0.412 e. The van der Waals surface area contributed by atoms with Gasteiger partial charge in [0.25, 0.3) is 0 Å². The molecule has 2 aromatic heterocycles. The standard InChI is InChI=1S/C8H12N2.C8H14N2.2C2H6.H2O/c1-7-6-9-8-4-2-3-5-10(7)8;1-6(2)8-5-9-10(4)7(8)3;2*1-2;/h6H,2-5H2,1H3;5-6H,1-4H3;2*1-2H3;1H2. The molecule has 1 aliphatic heterocycles. The molecule has 0 saturated heterocycles. The summed E-state index contributed by atoms with van der Waals surface area (Å²) in [4.78, 5) is 4.32. The van der Waals surface area contributed by atoms with E-state index in [0.717, 1.165) is 0 Å². The molecule has 3 rings (SSSR count). The van der Waals surface area contributed by atoms with Crippen LogP contribution in [0.25, 0.3) is 0 Å². The SMILES string of the molecule is CC.CC.Cc1c(C(C)C)cnn1C.Cc1cnc2n1CCCC2.O. The maximum atomic E-state index is 4.32. The maximum absolute atomic E-state index is 4.32. The third-order valence-electron chi connectivity index (χ3n) is 4.07. The number of imidazole rings is 1. The molecule has 0 aromatic carbocycles. The van der Waals surface area contributed by atoms with Crippen LogP contribution in [0.5, 0.6) is 0 Å². The average molecular weight is 353 g/mol. The number of nitrogens with zero attached hydrogens (tertiary/aromatic N) is 4. The molecular weight excluding hydrogens is 312 g/mol. The summed E-state index contributed by atoms with van der Waals surface area (Å²) < 4.78 is 4.23. The second-order valence-corrected chi connectivity index (χ2v) is 5.89. The average Bonchev–Trinajstić information content (AvgIpc) is 3.16. The Labute approximate surface area is 154 Å². The Balaban J connectivity index is 0. The topological polar surface area (TPSA) is 67.1 Å². The molecule has 3 heterocycles. The first-order valence-electron chi connectivity index (χ1n) is 9.50. The van der Waals surface area contributed by atoms with E-state index in [4.69, 9.17) is 0 Å². The Morgan fingerprint density at radius 2 is 1.60 bits per heavy atom. The van der Waals surface area contributed by atoms with Gasteiger partial charge in [-0.25, -0.2) is 4.98 Å². The first-order chi connectivity index (χ1) is 11.5. The number of fused-ring (bicyclic) bond motifs is 1. The molecule has 146 valence electrons. The lowest BCUT2D eigenvalue weighted by molar-refractivity contribution is 0.514. The zero-order chi connectivity index (χ0) is 18.7. The Morgan fingerprint density at radius 3 is 2.00 bits per heavy atom. The first-order valence-corrected chi connectivity index (χ1v) is 9.50. The third kappa shape index (κ3) is 7.43. The number of hydrogen-bond acceptors (Lipinski definition) is 2. The summed E-state index contributed by atoms with van der Waals surface area (Å²) in [5.74, 6) is 1.87. The van der Waals surface area contributed by atoms with Gasteiger partial charge >= 0.3 is 0 Å². The Hall–Kier alpha value is -1.62. The lowest BCUT2D eigenvalue weighted by Gasteiger charge is -2.14. The van der Waals surface area contributed by atoms with E-state index in [-0.39, 0.29) is 5.48 Å². The number of hydrogen-bond donors (Lipinski definition) is 0. The van der Waals surface area contributed by atoms with Gasteiger partial charge in [0.15, 0.2) is 0 Å². The van der Waals surface area contributed by atoms with Crippen molar-refractivity contribution in [2.24, 2.45) is 7.05 Å². The quantitative estimate of drug-likeness (QED) is 0.752. The zero-order valence-corrected chi connectivity index (χ0v) is 17.8. The molecule has 0 radical (unpaired) electrons. The minimum Gasteiger partial charge on any atom is -0.412 e. The van der Waals surface area contributed by atoms with Gasteiger partial charge < -0.3 is 10.0 Å². The fraction of sp³-hybridized carbons (Fsp3) is 0.700. The van der Waals surface area contributed by atoms with Gasteiger partial charge in [-0.1, -0.05) is 41.5 Å². The molecule has 0 aliphatic carbocycles. The van der Waals surface area contributed by atoms with Crippen LogP contribution < -0.4 is 0 Å². The van der Waals surface area contributed by atoms with Crippen LogP contribution in [-0.2, 0) is 20.0 Å². The molecule has 0 unspecified atom stereocenters. The van der Waals surface area contributed by atoms with Crippen LogP contribution in [-0.4, -0.2) is 24.8 Å². The smallest absolute Gasteiger partial charge is 0.108 e. The van der Waals surface area contributed by atoms with Crippen molar-refractivity contribution in [3.05, 3.63) is 35.2 Å². The van der Waals surface area contributed by atoms with E-state index in [1.165, 1.54) is 48.6 Å². The number of aryl methyl sites for hydroxylation is 3. The van der Waals surface area contributed by atoms with Gasteiger partial charge in [-0.15, -0.1) is 0 Å². The molecule has 0 saturated carbocycles. The summed E-state index contributed by atoms with van der Waals surface area (Å²) in [5, 5.41) is 4.15. The highest BCUT2D eigenvalue weighted by molar-refractivity contribution is 5.19. The number of aromatic nitrogens is 4. The third-order valence-corrected chi connectivity index (χ3v) is 4.07. The van der Waals surface area contributed by atoms with Crippen LogP contribution in [0.3, 0.4) is 0 Å². The van der Waals surface area contributed by atoms with Gasteiger partial charge in [0.1, 0.15) is 5.82 Å². The lowest BCUT2D eigenvalue weighted by atomic mass is 10.1. The summed E-state index contributed by atoms with van der Waals surface area (Å²) in [6, 6.07) is 0. The van der Waals surface area contributed by atoms with Crippen LogP contribution in [0.2, 0.25) is 0 Å². The van der Waals surface area contributed by atoms with Crippen molar-refractivity contribution in [3.8, 4) is 0 Å². The summed E-state index contributed by atoms with van der Waals surface area (Å²) in [7, 11) is 1.97. The second kappa shape index (κ2) is 13.6. The summed E-state index contributed by atoms with van der Waals surface area (Å²) in [6.07, 6.45) is 7.73. The maximum Gasteiger partial charge on any atom is 0.108 e. The van der Waals surface area contributed by atoms with Gasteiger partial charge in [0, 0.05) is 37.6 Å². The molecule has 0 atom stereocenters. The fourth-order valence-electron chi connectivity index (χ4n) is 2.65. The normalized spacial score (nSPS) is 11.6. The van der Waals surface area contributed by atoms with Crippen LogP contribution >= 0.6 is 0 Å². The molecule has 5 heteroatoms. The molecule has 2 aromatic rings. The zero-order valence-electron chi connectivity index (χ0n) is 17.8.